The van der Waals surface area contributed by atoms with E-state index in [1.165, 1.54) is 0 Å². The van der Waals surface area contributed by atoms with Gasteiger partial charge in [-0.1, -0.05) is 11.2 Å². The van der Waals surface area contributed by atoms with Gasteiger partial charge in [0.15, 0.2) is 0 Å². The number of carbonyl (C=O) groups excluding carboxylic acids is 1. The monoisotopic (exact) mass is 432 g/mol. The SMILES string of the molecule is COc1ccc(-c2noc(CCC(=O)Nc3ccc4c(c3F)CCNC4)n2)cc1.Cl. The largest absolute Gasteiger partial charge is 0.497 e. The summed E-state index contributed by atoms with van der Waals surface area (Å²) in [4.78, 5) is 16.6. The van der Waals surface area contributed by atoms with E-state index in [2.05, 4.69) is 20.8 Å². The molecule has 1 amide bonds. The Kier molecular flexibility index (Phi) is 7.02. The van der Waals surface area contributed by atoms with Crippen molar-refractivity contribution in [3.8, 4) is 17.1 Å². The van der Waals surface area contributed by atoms with Crippen molar-refractivity contribution in [3.05, 3.63) is 59.2 Å². The van der Waals surface area contributed by atoms with Crippen LogP contribution in [0.5, 0.6) is 5.75 Å². The summed E-state index contributed by atoms with van der Waals surface area (Å²) in [6, 6.07) is 10.7. The van der Waals surface area contributed by atoms with Gasteiger partial charge in [0.2, 0.25) is 17.6 Å². The smallest absolute Gasteiger partial charge is 0.227 e. The van der Waals surface area contributed by atoms with Gasteiger partial charge in [-0.25, -0.2) is 4.39 Å². The van der Waals surface area contributed by atoms with Crippen LogP contribution in [-0.2, 0) is 24.2 Å². The molecule has 1 aliphatic heterocycles. The van der Waals surface area contributed by atoms with Gasteiger partial charge in [0.05, 0.1) is 12.8 Å². The summed E-state index contributed by atoms with van der Waals surface area (Å²) >= 11 is 0. The first-order valence-corrected chi connectivity index (χ1v) is 9.42. The number of nitrogens with one attached hydrogen (secondary N) is 2. The molecule has 0 radical (unpaired) electrons. The van der Waals surface area contributed by atoms with E-state index in [4.69, 9.17) is 9.26 Å². The number of ether oxygens (including phenoxy) is 1. The average Bonchev–Trinajstić information content (AvgIpc) is 3.24. The predicted octanol–water partition coefficient (Wildman–Crippen LogP) is 3.52. The first kappa shape index (κ1) is 21.7. The van der Waals surface area contributed by atoms with E-state index in [-0.39, 0.29) is 42.7 Å². The second kappa shape index (κ2) is 9.69. The molecule has 158 valence electrons. The van der Waals surface area contributed by atoms with Crippen LogP contribution in [0.25, 0.3) is 11.4 Å². The first-order valence-electron chi connectivity index (χ1n) is 9.42. The maximum absolute atomic E-state index is 14.6. The van der Waals surface area contributed by atoms with Crippen LogP contribution in [0.2, 0.25) is 0 Å². The predicted molar refractivity (Wildman–Crippen MR) is 112 cm³/mol. The van der Waals surface area contributed by atoms with E-state index < -0.39 is 0 Å². The molecule has 2 heterocycles. The van der Waals surface area contributed by atoms with E-state index in [0.29, 0.717) is 30.2 Å². The number of aryl methyl sites for hydroxylation is 1. The second-order valence-electron chi connectivity index (χ2n) is 6.78. The molecule has 3 aromatic rings. The fraction of sp³-hybridized carbons (Fsp3) is 0.286. The molecule has 0 unspecified atom stereocenters. The lowest BCUT2D eigenvalue weighted by atomic mass is 9.99. The summed E-state index contributed by atoms with van der Waals surface area (Å²) in [5, 5.41) is 9.79. The fourth-order valence-corrected chi connectivity index (χ4v) is 3.28. The molecule has 0 saturated carbocycles. The number of hydrogen-bond donors (Lipinski definition) is 2. The Morgan fingerprint density at radius 3 is 2.83 bits per heavy atom. The molecule has 1 aliphatic rings. The molecule has 2 aromatic carbocycles. The molecular formula is C21H22ClFN4O3. The lowest BCUT2D eigenvalue weighted by Gasteiger charge is -2.19. The minimum absolute atomic E-state index is 0. The molecule has 0 bridgehead atoms. The molecule has 0 atom stereocenters. The quantitative estimate of drug-likeness (QED) is 0.619. The number of hydrogen-bond acceptors (Lipinski definition) is 6. The van der Waals surface area contributed by atoms with Crippen LogP contribution in [0.1, 0.15) is 23.4 Å². The topological polar surface area (TPSA) is 89.3 Å². The third-order valence-corrected chi connectivity index (χ3v) is 4.86. The number of amides is 1. The van der Waals surface area contributed by atoms with E-state index in [1.54, 1.807) is 13.2 Å². The number of halogens is 2. The fourth-order valence-electron chi connectivity index (χ4n) is 3.28. The van der Waals surface area contributed by atoms with Crippen LogP contribution < -0.4 is 15.4 Å². The summed E-state index contributed by atoms with van der Waals surface area (Å²) in [5.74, 6) is 0.874. The van der Waals surface area contributed by atoms with Gasteiger partial charge in [0, 0.05) is 24.9 Å². The minimum Gasteiger partial charge on any atom is -0.497 e. The van der Waals surface area contributed by atoms with Crippen molar-refractivity contribution in [3.63, 3.8) is 0 Å². The van der Waals surface area contributed by atoms with Crippen LogP contribution in [0, 0.1) is 5.82 Å². The first-order chi connectivity index (χ1) is 14.1. The van der Waals surface area contributed by atoms with Gasteiger partial charge in [0.25, 0.3) is 0 Å². The molecule has 9 heteroatoms. The van der Waals surface area contributed by atoms with E-state index in [0.717, 1.165) is 23.4 Å². The zero-order valence-corrected chi connectivity index (χ0v) is 17.2. The normalized spacial score (nSPS) is 12.6. The summed E-state index contributed by atoms with van der Waals surface area (Å²) in [5.41, 5.74) is 2.60. The number of methoxy groups -OCH3 is 1. The Hall–Kier alpha value is -2.97. The Bertz CT molecular complexity index is 1020. The van der Waals surface area contributed by atoms with Crippen molar-refractivity contribution in [2.75, 3.05) is 19.0 Å². The highest BCUT2D eigenvalue weighted by molar-refractivity contribution is 5.91. The second-order valence-corrected chi connectivity index (χ2v) is 6.78. The van der Waals surface area contributed by atoms with E-state index in [9.17, 15) is 9.18 Å². The van der Waals surface area contributed by atoms with Crippen LogP contribution in [0.15, 0.2) is 40.9 Å². The van der Waals surface area contributed by atoms with Crippen molar-refractivity contribution in [2.45, 2.75) is 25.8 Å². The summed E-state index contributed by atoms with van der Waals surface area (Å²) < 4.78 is 25.0. The molecule has 0 spiro atoms. The van der Waals surface area contributed by atoms with Crippen molar-refractivity contribution in [1.29, 1.82) is 0 Å². The van der Waals surface area contributed by atoms with Crippen LogP contribution in [0.3, 0.4) is 0 Å². The van der Waals surface area contributed by atoms with Gasteiger partial charge in [-0.3, -0.25) is 4.79 Å². The van der Waals surface area contributed by atoms with Gasteiger partial charge < -0.3 is 19.9 Å². The third kappa shape index (κ3) is 4.77. The number of nitrogens with zero attached hydrogens (tertiary/aromatic N) is 2. The maximum Gasteiger partial charge on any atom is 0.227 e. The zero-order chi connectivity index (χ0) is 20.2. The van der Waals surface area contributed by atoms with Crippen molar-refractivity contribution < 1.29 is 18.4 Å². The van der Waals surface area contributed by atoms with Gasteiger partial charge in [-0.05, 0) is 54.4 Å². The zero-order valence-electron chi connectivity index (χ0n) is 16.4. The molecule has 7 nitrogen and oxygen atoms in total. The minimum atomic E-state index is -0.350. The van der Waals surface area contributed by atoms with Gasteiger partial charge in [0.1, 0.15) is 11.6 Å². The van der Waals surface area contributed by atoms with Crippen molar-refractivity contribution >= 4 is 24.0 Å². The lowest BCUT2D eigenvalue weighted by molar-refractivity contribution is -0.116. The van der Waals surface area contributed by atoms with Crippen molar-refractivity contribution in [1.82, 2.24) is 15.5 Å². The number of rotatable bonds is 6. The number of fused-ring (bicyclic) bond motifs is 1. The molecule has 4 rings (SSSR count). The van der Waals surface area contributed by atoms with Crippen LogP contribution >= 0.6 is 12.4 Å². The standard InChI is InChI=1S/C21H21FN4O3.ClH/c1-28-15-5-2-13(3-6-15)21-25-19(29-26-21)9-8-18(27)24-17-7-4-14-12-23-11-10-16(14)20(17)22;/h2-7,23H,8-12H2,1H3,(H,24,27);1H. The molecule has 0 aliphatic carbocycles. The maximum atomic E-state index is 14.6. The van der Waals surface area contributed by atoms with E-state index in [1.807, 2.05) is 30.3 Å². The lowest BCUT2D eigenvalue weighted by Crippen LogP contribution is -2.25. The van der Waals surface area contributed by atoms with E-state index >= 15 is 0 Å². The van der Waals surface area contributed by atoms with Crippen LogP contribution in [-0.4, -0.2) is 29.7 Å². The molecule has 2 N–H and O–H groups in total. The Balaban J connectivity index is 0.00000256. The van der Waals surface area contributed by atoms with Gasteiger partial charge >= 0.3 is 0 Å². The number of anilines is 1. The average molecular weight is 433 g/mol. The molecule has 0 fully saturated rings. The number of benzene rings is 2. The Morgan fingerprint density at radius 1 is 1.27 bits per heavy atom. The van der Waals surface area contributed by atoms with Crippen molar-refractivity contribution in [2.24, 2.45) is 0 Å². The summed E-state index contributed by atoms with van der Waals surface area (Å²) in [6.07, 6.45) is 0.995. The van der Waals surface area contributed by atoms with Gasteiger partial charge in [-0.15, -0.1) is 12.4 Å². The Morgan fingerprint density at radius 2 is 2.07 bits per heavy atom. The third-order valence-electron chi connectivity index (χ3n) is 4.86. The number of aromatic nitrogens is 2. The molecule has 0 saturated heterocycles. The number of carbonyl (C=O) groups is 1. The molecule has 30 heavy (non-hydrogen) atoms. The Labute approximate surface area is 179 Å². The highest BCUT2D eigenvalue weighted by Crippen LogP contribution is 2.25. The molecular weight excluding hydrogens is 411 g/mol. The molecule has 1 aromatic heterocycles. The highest BCUT2D eigenvalue weighted by Gasteiger charge is 2.18. The highest BCUT2D eigenvalue weighted by atomic mass is 35.5. The van der Waals surface area contributed by atoms with Crippen LogP contribution in [0.4, 0.5) is 10.1 Å². The van der Waals surface area contributed by atoms with Gasteiger partial charge in [-0.2, -0.15) is 4.98 Å². The summed E-state index contributed by atoms with van der Waals surface area (Å²) in [7, 11) is 1.60. The summed E-state index contributed by atoms with van der Waals surface area (Å²) in [6.45, 7) is 1.38.